The Morgan fingerprint density at radius 2 is 1.28 bits per heavy atom. The van der Waals surface area contributed by atoms with Crippen molar-refractivity contribution in [2.75, 3.05) is 0 Å². The molecule has 0 aliphatic heterocycles. The van der Waals surface area contributed by atoms with E-state index in [4.69, 9.17) is 15.4 Å². The van der Waals surface area contributed by atoms with Crippen LogP contribution in [-0.4, -0.2) is 16.6 Å². The minimum absolute atomic E-state index is 0.108. The summed E-state index contributed by atoms with van der Waals surface area (Å²) in [7, 11) is -3.95. The minimum Gasteiger partial charge on any atom is -0.541 e. The molecule has 0 bridgehead atoms. The lowest BCUT2D eigenvalue weighted by molar-refractivity contribution is 0.440. The molecule has 25 heavy (non-hydrogen) atoms. The van der Waals surface area contributed by atoms with Gasteiger partial charge in [0, 0.05) is 5.56 Å². The summed E-state index contributed by atoms with van der Waals surface area (Å²) in [5.41, 5.74) is 0.978. The van der Waals surface area contributed by atoms with Gasteiger partial charge in [-0.05, 0) is 54.5 Å². The molecule has 0 saturated carbocycles. The molecule has 0 fully saturated rings. The molecular formula is C20H35NO2Si2. The lowest BCUT2D eigenvalue weighted by Gasteiger charge is -2.39. The zero-order valence-corrected chi connectivity index (χ0v) is 19.7. The normalized spacial score (nSPS) is 13.3. The van der Waals surface area contributed by atoms with Gasteiger partial charge in [0.25, 0.3) is 16.6 Å². The van der Waals surface area contributed by atoms with E-state index in [1.165, 1.54) is 0 Å². The number of benzene rings is 1. The number of nitrogens with zero attached hydrogens (tertiary/aromatic N) is 1. The SMILES string of the molecule is [C-]#[N+]Cc1ccc(O[Si](C)(C)C(C)(C)C)c(O[Si](C)(C)C(C)(C)C)c1. The van der Waals surface area contributed by atoms with E-state index in [1.807, 2.05) is 18.2 Å². The lowest BCUT2D eigenvalue weighted by Crippen LogP contribution is -2.45. The van der Waals surface area contributed by atoms with Gasteiger partial charge in [0.2, 0.25) is 6.54 Å². The maximum absolute atomic E-state index is 7.14. The third-order valence-electron chi connectivity index (χ3n) is 5.61. The number of hydrogen-bond donors (Lipinski definition) is 0. The Labute approximate surface area is 156 Å². The smallest absolute Gasteiger partial charge is 0.250 e. The zero-order valence-electron chi connectivity index (χ0n) is 17.7. The molecule has 0 saturated heterocycles. The Kier molecular flexibility index (Phi) is 6.24. The maximum atomic E-state index is 7.14. The van der Waals surface area contributed by atoms with Crippen LogP contribution in [0.1, 0.15) is 47.1 Å². The fraction of sp³-hybridized carbons (Fsp3) is 0.650. The molecule has 0 aliphatic rings. The standard InChI is InChI=1S/C20H35NO2Si2/c1-19(2,3)24(8,9)22-17-13-12-16(15-21-7)14-18(17)23-25(10,11)20(4,5)6/h12-14H,15H2,1-6,8-11H3. The Morgan fingerprint density at radius 3 is 1.68 bits per heavy atom. The van der Waals surface area contributed by atoms with Gasteiger partial charge in [-0.15, -0.1) is 0 Å². The van der Waals surface area contributed by atoms with Crippen LogP contribution in [0.15, 0.2) is 18.2 Å². The van der Waals surface area contributed by atoms with E-state index >= 15 is 0 Å². The first-order valence-corrected chi connectivity index (χ1v) is 14.8. The van der Waals surface area contributed by atoms with Crippen LogP contribution in [0.3, 0.4) is 0 Å². The molecule has 0 aromatic heterocycles. The van der Waals surface area contributed by atoms with Gasteiger partial charge < -0.3 is 13.7 Å². The van der Waals surface area contributed by atoms with Crippen molar-refractivity contribution in [3.63, 3.8) is 0 Å². The molecule has 1 rings (SSSR count). The predicted molar refractivity (Wildman–Crippen MR) is 112 cm³/mol. The second-order valence-electron chi connectivity index (χ2n) is 9.82. The summed E-state index contributed by atoms with van der Waals surface area (Å²) in [4.78, 5) is 3.51. The van der Waals surface area contributed by atoms with Crippen LogP contribution < -0.4 is 8.85 Å². The second-order valence-corrected chi connectivity index (χ2v) is 19.3. The number of hydrogen-bond acceptors (Lipinski definition) is 2. The van der Waals surface area contributed by atoms with Crippen molar-refractivity contribution in [2.24, 2.45) is 0 Å². The molecule has 1 aromatic carbocycles. The van der Waals surface area contributed by atoms with E-state index in [0.717, 1.165) is 17.1 Å². The van der Waals surface area contributed by atoms with Gasteiger partial charge in [0.1, 0.15) is 11.5 Å². The molecule has 1 aromatic rings. The highest BCUT2D eigenvalue weighted by atomic mass is 28.4. The second kappa shape index (κ2) is 7.16. The van der Waals surface area contributed by atoms with Gasteiger partial charge >= 0.3 is 0 Å². The molecule has 0 heterocycles. The summed E-state index contributed by atoms with van der Waals surface area (Å²) < 4.78 is 13.1. The van der Waals surface area contributed by atoms with Crippen LogP contribution in [0.4, 0.5) is 0 Å². The van der Waals surface area contributed by atoms with Crippen molar-refractivity contribution in [3.8, 4) is 11.5 Å². The van der Waals surface area contributed by atoms with E-state index in [0.29, 0.717) is 6.54 Å². The van der Waals surface area contributed by atoms with Crippen LogP contribution in [0, 0.1) is 6.57 Å². The summed E-state index contributed by atoms with van der Waals surface area (Å²) in [6.45, 7) is 29.9. The first kappa shape index (κ1) is 21.8. The van der Waals surface area contributed by atoms with E-state index in [9.17, 15) is 0 Å². The van der Waals surface area contributed by atoms with Crippen molar-refractivity contribution in [1.82, 2.24) is 0 Å². The summed E-state index contributed by atoms with van der Waals surface area (Å²) in [6.07, 6.45) is 0. The van der Waals surface area contributed by atoms with Gasteiger partial charge in [0.05, 0.1) is 0 Å². The van der Waals surface area contributed by atoms with E-state index in [2.05, 4.69) is 72.6 Å². The van der Waals surface area contributed by atoms with Gasteiger partial charge in [-0.1, -0.05) is 41.5 Å². The summed E-state index contributed by atoms with van der Waals surface area (Å²) in [5, 5.41) is 0.230. The van der Waals surface area contributed by atoms with Crippen LogP contribution in [0.25, 0.3) is 4.85 Å². The largest absolute Gasteiger partial charge is 0.541 e. The third-order valence-corrected chi connectivity index (χ3v) is 14.3. The zero-order chi connectivity index (χ0) is 19.7. The van der Waals surface area contributed by atoms with Crippen LogP contribution >= 0.6 is 0 Å². The molecule has 140 valence electrons. The van der Waals surface area contributed by atoms with Crippen molar-refractivity contribution in [1.29, 1.82) is 0 Å². The molecule has 0 spiro atoms. The van der Waals surface area contributed by atoms with Crippen LogP contribution in [0.2, 0.25) is 36.3 Å². The van der Waals surface area contributed by atoms with E-state index < -0.39 is 16.6 Å². The van der Waals surface area contributed by atoms with Crippen molar-refractivity contribution >= 4 is 16.6 Å². The molecule has 0 atom stereocenters. The Hall–Kier alpha value is -1.26. The third kappa shape index (κ3) is 5.36. The quantitative estimate of drug-likeness (QED) is 0.412. The average molecular weight is 378 g/mol. The van der Waals surface area contributed by atoms with E-state index in [-0.39, 0.29) is 10.1 Å². The first-order valence-electron chi connectivity index (χ1n) is 8.95. The fourth-order valence-electron chi connectivity index (χ4n) is 1.76. The lowest BCUT2D eigenvalue weighted by atomic mass is 10.2. The summed E-state index contributed by atoms with van der Waals surface area (Å²) in [5.74, 6) is 1.63. The van der Waals surface area contributed by atoms with Crippen LogP contribution in [-0.2, 0) is 6.54 Å². The molecule has 3 nitrogen and oxygen atoms in total. The topological polar surface area (TPSA) is 22.8 Å². The summed E-state index contributed by atoms with van der Waals surface area (Å²) >= 11 is 0. The average Bonchev–Trinajstić information content (AvgIpc) is 2.39. The molecule has 0 amide bonds. The van der Waals surface area contributed by atoms with Crippen molar-refractivity contribution < 1.29 is 8.85 Å². The molecule has 0 N–H and O–H groups in total. The van der Waals surface area contributed by atoms with E-state index in [1.54, 1.807) is 0 Å². The molecule has 5 heteroatoms. The minimum atomic E-state index is -1.99. The van der Waals surface area contributed by atoms with Gasteiger partial charge in [0.15, 0.2) is 0 Å². The van der Waals surface area contributed by atoms with Crippen molar-refractivity contribution in [2.45, 2.75) is 84.4 Å². The molecule has 0 radical (unpaired) electrons. The molecule has 0 aliphatic carbocycles. The Morgan fingerprint density at radius 1 is 0.840 bits per heavy atom. The highest BCUT2D eigenvalue weighted by Crippen LogP contribution is 2.43. The van der Waals surface area contributed by atoms with Gasteiger partial charge in [-0.2, -0.15) is 0 Å². The Balaban J connectivity index is 3.33. The fourth-order valence-corrected chi connectivity index (χ4v) is 3.80. The monoisotopic (exact) mass is 377 g/mol. The van der Waals surface area contributed by atoms with Gasteiger partial charge in [-0.3, -0.25) is 0 Å². The van der Waals surface area contributed by atoms with Gasteiger partial charge in [-0.25, -0.2) is 6.57 Å². The first-order chi connectivity index (χ1) is 11.1. The van der Waals surface area contributed by atoms with Crippen LogP contribution in [0.5, 0.6) is 11.5 Å². The highest BCUT2D eigenvalue weighted by molar-refractivity contribution is 6.75. The molecular weight excluding hydrogens is 342 g/mol. The molecule has 0 unspecified atom stereocenters. The highest BCUT2D eigenvalue weighted by Gasteiger charge is 2.42. The Bertz CT molecular complexity index is 647. The van der Waals surface area contributed by atoms with Crippen molar-refractivity contribution in [3.05, 3.63) is 35.2 Å². The number of rotatable bonds is 5. The summed E-state index contributed by atoms with van der Waals surface area (Å²) in [6, 6.07) is 5.98. The maximum Gasteiger partial charge on any atom is 0.250 e. The predicted octanol–water partition coefficient (Wildman–Crippen LogP) is 6.87.